The second-order valence-electron chi connectivity index (χ2n) is 13.5. The fraction of sp³-hybridized carbons (Fsp3) is 0.0638. The SMILES string of the molecule is CC12Oc3ccccc3C1C=CC=C2c1cc(-c2cccc3c2c2ccccc2n3-c2ccccc2)nc(-c2ccc(-c3ccccc3)cc2)n1. The van der Waals surface area contributed by atoms with Gasteiger partial charge in [0.25, 0.3) is 0 Å². The van der Waals surface area contributed by atoms with Gasteiger partial charge in [-0.3, -0.25) is 0 Å². The quantitative estimate of drug-likeness (QED) is 0.185. The van der Waals surface area contributed by atoms with Gasteiger partial charge in [-0.1, -0.05) is 140 Å². The van der Waals surface area contributed by atoms with Gasteiger partial charge in [0.1, 0.15) is 11.4 Å². The Labute approximate surface area is 296 Å². The van der Waals surface area contributed by atoms with Crippen LogP contribution in [0, 0.1) is 0 Å². The van der Waals surface area contributed by atoms with Crippen molar-refractivity contribution < 1.29 is 4.74 Å². The lowest BCUT2D eigenvalue weighted by molar-refractivity contribution is 0.166. The summed E-state index contributed by atoms with van der Waals surface area (Å²) in [6.45, 7) is 2.19. The molecule has 0 bridgehead atoms. The number of hydrogen-bond donors (Lipinski definition) is 0. The highest BCUT2D eigenvalue weighted by molar-refractivity contribution is 6.15. The Morgan fingerprint density at radius 3 is 2.12 bits per heavy atom. The van der Waals surface area contributed by atoms with Crippen LogP contribution in [-0.2, 0) is 0 Å². The van der Waals surface area contributed by atoms with Crippen LogP contribution in [0.3, 0.4) is 0 Å². The van der Waals surface area contributed by atoms with Crippen molar-refractivity contribution in [2.75, 3.05) is 0 Å². The van der Waals surface area contributed by atoms with Crippen LogP contribution < -0.4 is 4.74 Å². The fourth-order valence-electron chi connectivity index (χ4n) is 8.08. The number of benzene rings is 6. The molecule has 0 spiro atoms. The molecule has 1 aliphatic heterocycles. The third kappa shape index (κ3) is 4.68. The topological polar surface area (TPSA) is 39.9 Å². The molecule has 242 valence electrons. The molecule has 0 fully saturated rings. The molecule has 2 aliphatic rings. The highest BCUT2D eigenvalue weighted by atomic mass is 16.5. The fourth-order valence-corrected chi connectivity index (χ4v) is 8.08. The largest absolute Gasteiger partial charge is 0.481 e. The molecule has 4 nitrogen and oxygen atoms in total. The number of nitrogens with zero attached hydrogens (tertiary/aromatic N) is 3. The van der Waals surface area contributed by atoms with E-state index in [9.17, 15) is 0 Å². The van der Waals surface area contributed by atoms with Crippen LogP contribution in [-0.4, -0.2) is 20.1 Å². The van der Waals surface area contributed by atoms with E-state index < -0.39 is 5.60 Å². The first-order chi connectivity index (χ1) is 25.2. The summed E-state index contributed by atoms with van der Waals surface area (Å²) < 4.78 is 9.17. The molecule has 2 unspecified atom stereocenters. The third-order valence-electron chi connectivity index (χ3n) is 10.5. The number of hydrogen-bond acceptors (Lipinski definition) is 3. The minimum absolute atomic E-state index is 0.0769. The zero-order valence-electron chi connectivity index (χ0n) is 28.1. The van der Waals surface area contributed by atoms with Crippen molar-refractivity contribution in [2.24, 2.45) is 0 Å². The molecule has 2 atom stereocenters. The van der Waals surface area contributed by atoms with Crippen molar-refractivity contribution in [1.82, 2.24) is 14.5 Å². The predicted octanol–water partition coefficient (Wildman–Crippen LogP) is 11.5. The van der Waals surface area contributed by atoms with Crippen LogP contribution >= 0.6 is 0 Å². The van der Waals surface area contributed by atoms with Crippen LogP contribution in [0.2, 0.25) is 0 Å². The molecule has 0 saturated carbocycles. The summed E-state index contributed by atoms with van der Waals surface area (Å²) in [5.41, 5.74) is 11.1. The van der Waals surface area contributed by atoms with Gasteiger partial charge < -0.3 is 9.30 Å². The average Bonchev–Trinajstić information content (AvgIpc) is 3.70. The van der Waals surface area contributed by atoms with E-state index in [4.69, 9.17) is 14.7 Å². The highest BCUT2D eigenvalue weighted by Crippen LogP contribution is 2.53. The number of aromatic nitrogens is 3. The summed E-state index contributed by atoms with van der Waals surface area (Å²) in [6.07, 6.45) is 6.57. The summed E-state index contributed by atoms with van der Waals surface area (Å²) in [6, 6.07) is 55.3. The number of fused-ring (bicyclic) bond motifs is 6. The lowest BCUT2D eigenvalue weighted by Crippen LogP contribution is -2.36. The molecule has 0 N–H and O–H groups in total. The average molecular weight is 656 g/mol. The van der Waals surface area contributed by atoms with Gasteiger partial charge in [0.05, 0.1) is 22.4 Å². The molecule has 0 saturated heterocycles. The molecule has 6 aromatic carbocycles. The monoisotopic (exact) mass is 655 g/mol. The molecule has 3 heterocycles. The first-order valence-corrected chi connectivity index (χ1v) is 17.5. The lowest BCUT2D eigenvalue weighted by Gasteiger charge is -2.34. The Kier molecular flexibility index (Phi) is 6.65. The highest BCUT2D eigenvalue weighted by Gasteiger charge is 2.48. The van der Waals surface area contributed by atoms with Gasteiger partial charge >= 0.3 is 0 Å². The number of ether oxygens (including phenoxy) is 1. The summed E-state index contributed by atoms with van der Waals surface area (Å²) in [7, 11) is 0. The van der Waals surface area contributed by atoms with Gasteiger partial charge in [0, 0.05) is 44.6 Å². The maximum absolute atomic E-state index is 6.82. The molecule has 1 aliphatic carbocycles. The van der Waals surface area contributed by atoms with Gasteiger partial charge in [0.2, 0.25) is 0 Å². The minimum atomic E-state index is -0.617. The Morgan fingerprint density at radius 1 is 0.608 bits per heavy atom. The van der Waals surface area contributed by atoms with Crippen LogP contribution in [0.5, 0.6) is 5.75 Å². The Bertz CT molecular complexity index is 2670. The van der Waals surface area contributed by atoms with E-state index in [0.717, 1.165) is 61.5 Å². The Balaban J connectivity index is 1.20. The standard InChI is InChI=1S/C47H33N3O/c1-47-38(35-18-9-11-25-44(35)51-47)21-13-22-39(47)41-30-40(48-46(49-41)33-28-26-32(27-29-33)31-14-4-2-5-15-31)36-20-12-24-43-45(36)37-19-8-10-23-42(37)50(43)34-16-6-3-7-17-34/h2-30,38H,1H3. The van der Waals surface area contributed by atoms with Crippen LogP contribution in [0.1, 0.15) is 24.1 Å². The Morgan fingerprint density at radius 2 is 1.27 bits per heavy atom. The number of para-hydroxylation sites is 3. The van der Waals surface area contributed by atoms with Crippen LogP contribution in [0.15, 0.2) is 176 Å². The second-order valence-corrected chi connectivity index (χ2v) is 13.5. The maximum atomic E-state index is 6.82. The van der Waals surface area contributed by atoms with E-state index in [2.05, 4.69) is 175 Å². The van der Waals surface area contributed by atoms with E-state index in [-0.39, 0.29) is 5.92 Å². The van der Waals surface area contributed by atoms with Crippen LogP contribution in [0.4, 0.5) is 0 Å². The lowest BCUT2D eigenvalue weighted by atomic mass is 9.76. The summed E-state index contributed by atoms with van der Waals surface area (Å²) in [5, 5.41) is 2.35. The molecule has 8 aromatic rings. The smallest absolute Gasteiger partial charge is 0.160 e. The summed E-state index contributed by atoms with van der Waals surface area (Å²) >= 11 is 0. The minimum Gasteiger partial charge on any atom is -0.481 e. The van der Waals surface area contributed by atoms with Crippen molar-refractivity contribution in [1.29, 1.82) is 0 Å². The van der Waals surface area contributed by atoms with Gasteiger partial charge in [0.15, 0.2) is 5.82 Å². The Hall–Kier alpha value is -6.52. The molecule has 0 amide bonds. The van der Waals surface area contributed by atoms with Crippen molar-refractivity contribution >= 4 is 27.4 Å². The molecule has 0 radical (unpaired) electrons. The van der Waals surface area contributed by atoms with Crippen molar-refractivity contribution in [3.8, 4) is 45.2 Å². The zero-order chi connectivity index (χ0) is 33.9. The first-order valence-electron chi connectivity index (χ1n) is 17.5. The van der Waals surface area contributed by atoms with Gasteiger partial charge in [-0.15, -0.1) is 0 Å². The second kappa shape index (κ2) is 11.5. The third-order valence-corrected chi connectivity index (χ3v) is 10.5. The van der Waals surface area contributed by atoms with Gasteiger partial charge in [-0.05, 0) is 54.4 Å². The predicted molar refractivity (Wildman–Crippen MR) is 208 cm³/mol. The van der Waals surface area contributed by atoms with E-state index in [1.54, 1.807) is 0 Å². The molecular weight excluding hydrogens is 623 g/mol. The summed E-state index contributed by atoms with van der Waals surface area (Å²) in [5.74, 6) is 1.68. The van der Waals surface area contributed by atoms with E-state index in [0.29, 0.717) is 5.82 Å². The van der Waals surface area contributed by atoms with Crippen molar-refractivity contribution in [3.05, 3.63) is 187 Å². The molecule has 2 aromatic heterocycles. The number of allylic oxidation sites excluding steroid dienone is 2. The number of rotatable bonds is 5. The maximum Gasteiger partial charge on any atom is 0.160 e. The molecular formula is C47H33N3O. The van der Waals surface area contributed by atoms with Crippen LogP contribution in [0.25, 0.3) is 66.8 Å². The van der Waals surface area contributed by atoms with E-state index in [1.165, 1.54) is 16.5 Å². The normalized spacial score (nSPS) is 17.6. The van der Waals surface area contributed by atoms with E-state index in [1.807, 2.05) is 12.1 Å². The van der Waals surface area contributed by atoms with Gasteiger partial charge in [-0.25, -0.2) is 9.97 Å². The first kappa shape index (κ1) is 29.4. The summed E-state index contributed by atoms with van der Waals surface area (Å²) in [4.78, 5) is 10.7. The van der Waals surface area contributed by atoms with Crippen molar-refractivity contribution in [3.63, 3.8) is 0 Å². The molecule has 10 rings (SSSR count). The van der Waals surface area contributed by atoms with Crippen molar-refractivity contribution in [2.45, 2.75) is 18.4 Å². The zero-order valence-corrected chi connectivity index (χ0v) is 28.1. The molecule has 51 heavy (non-hydrogen) atoms. The van der Waals surface area contributed by atoms with Gasteiger partial charge in [-0.2, -0.15) is 0 Å². The molecule has 4 heteroatoms. The van der Waals surface area contributed by atoms with E-state index >= 15 is 0 Å².